The van der Waals surface area contributed by atoms with Gasteiger partial charge in [0.25, 0.3) is 0 Å². The molecule has 5 nitrogen and oxygen atoms in total. The highest BCUT2D eigenvalue weighted by Crippen LogP contribution is 2.33. The molecule has 0 aromatic carbocycles. The van der Waals surface area contributed by atoms with E-state index in [1.54, 1.807) is 11.3 Å². The van der Waals surface area contributed by atoms with E-state index >= 15 is 0 Å². The summed E-state index contributed by atoms with van der Waals surface area (Å²) in [5.41, 5.74) is 1.32. The second-order valence-corrected chi connectivity index (χ2v) is 9.23. The van der Waals surface area contributed by atoms with Crippen molar-refractivity contribution in [2.24, 2.45) is 16.3 Å². The lowest BCUT2D eigenvalue weighted by molar-refractivity contribution is -0.0835. The zero-order chi connectivity index (χ0) is 18.4. The van der Waals surface area contributed by atoms with Crippen LogP contribution in [0, 0.1) is 25.2 Å². The first-order valence-corrected chi connectivity index (χ1v) is 10.1. The van der Waals surface area contributed by atoms with Crippen LogP contribution in [0.4, 0.5) is 0 Å². The average Bonchev–Trinajstić information content (AvgIpc) is 2.88. The summed E-state index contributed by atoms with van der Waals surface area (Å²) in [7, 11) is 1.83. The highest BCUT2D eigenvalue weighted by Gasteiger charge is 2.35. The fourth-order valence-corrected chi connectivity index (χ4v) is 4.33. The van der Waals surface area contributed by atoms with Gasteiger partial charge >= 0.3 is 0 Å². The van der Waals surface area contributed by atoms with Gasteiger partial charge in [-0.15, -0.1) is 35.3 Å². The minimum absolute atomic E-state index is 0. The summed E-state index contributed by atoms with van der Waals surface area (Å²) in [6, 6.07) is 0. The van der Waals surface area contributed by atoms with Gasteiger partial charge in [0.15, 0.2) is 5.96 Å². The molecule has 2 N–H and O–H groups in total. The fourth-order valence-electron chi connectivity index (χ4n) is 3.39. The summed E-state index contributed by atoms with van der Waals surface area (Å²) in [6.45, 7) is 13.6. The molecule has 1 aromatic heterocycles. The quantitative estimate of drug-likeness (QED) is 0.370. The molecule has 2 rings (SSSR count). The van der Waals surface area contributed by atoms with Gasteiger partial charge in [-0.2, -0.15) is 0 Å². The lowest BCUT2D eigenvalue weighted by atomic mass is 9.78. The monoisotopic (exact) mass is 494 g/mol. The van der Waals surface area contributed by atoms with Crippen LogP contribution in [-0.4, -0.2) is 43.8 Å². The number of rotatable bonds is 5. The largest absolute Gasteiger partial charge is 0.377 e. The zero-order valence-corrected chi connectivity index (χ0v) is 20.2. The molecule has 2 atom stereocenters. The Kier molecular flexibility index (Phi) is 9.82. The van der Waals surface area contributed by atoms with Gasteiger partial charge in [-0.05, 0) is 32.1 Å². The fraction of sp³-hybridized carbons (Fsp3) is 0.789. The van der Waals surface area contributed by atoms with Crippen molar-refractivity contribution in [2.45, 2.75) is 60.0 Å². The predicted octanol–water partition coefficient (Wildman–Crippen LogP) is 3.93. The van der Waals surface area contributed by atoms with Gasteiger partial charge in [-0.3, -0.25) is 4.99 Å². The number of nitrogens with zero attached hydrogens (tertiary/aromatic N) is 2. The van der Waals surface area contributed by atoms with Crippen LogP contribution < -0.4 is 10.6 Å². The molecule has 26 heavy (non-hydrogen) atoms. The molecule has 0 saturated carbocycles. The minimum atomic E-state index is 0. The number of aliphatic imine (C=N–C) groups is 1. The van der Waals surface area contributed by atoms with E-state index in [1.807, 2.05) is 7.05 Å². The van der Waals surface area contributed by atoms with Crippen LogP contribution >= 0.6 is 35.3 Å². The number of ether oxygens (including phenoxy) is 1. The number of hydrogen-bond donors (Lipinski definition) is 2. The third-order valence-corrected chi connectivity index (χ3v) is 5.89. The first-order chi connectivity index (χ1) is 11.8. The summed E-state index contributed by atoms with van der Waals surface area (Å²) in [5.74, 6) is 1.39. The van der Waals surface area contributed by atoms with Crippen molar-refractivity contribution in [3.05, 3.63) is 15.6 Å². The zero-order valence-electron chi connectivity index (χ0n) is 17.0. The van der Waals surface area contributed by atoms with Crippen LogP contribution in [0.3, 0.4) is 0 Å². The molecule has 1 saturated heterocycles. The number of aryl methyl sites for hydroxylation is 2. The van der Waals surface area contributed by atoms with Crippen molar-refractivity contribution in [1.29, 1.82) is 0 Å². The van der Waals surface area contributed by atoms with Crippen LogP contribution in [0.15, 0.2) is 4.99 Å². The Labute approximate surface area is 179 Å². The van der Waals surface area contributed by atoms with Gasteiger partial charge < -0.3 is 15.4 Å². The molecule has 0 bridgehead atoms. The number of halogens is 1. The van der Waals surface area contributed by atoms with Gasteiger partial charge in [-0.1, -0.05) is 20.8 Å². The molecule has 1 fully saturated rings. The Balaban J connectivity index is 0.00000338. The number of aromatic nitrogens is 1. The molecule has 0 amide bonds. The normalized spacial score (nSPS) is 21.2. The summed E-state index contributed by atoms with van der Waals surface area (Å²) in [5, 5.41) is 8.08. The first-order valence-electron chi connectivity index (χ1n) is 9.30. The Morgan fingerprint density at radius 3 is 2.62 bits per heavy atom. The smallest absolute Gasteiger partial charge is 0.191 e. The van der Waals surface area contributed by atoms with Gasteiger partial charge in [0.1, 0.15) is 0 Å². The number of hydrogen-bond acceptors (Lipinski definition) is 4. The number of thiazole rings is 1. The van der Waals surface area contributed by atoms with E-state index in [9.17, 15) is 0 Å². The number of nitrogens with one attached hydrogen (secondary N) is 2. The van der Waals surface area contributed by atoms with Gasteiger partial charge in [-0.25, -0.2) is 4.98 Å². The molecular weight excluding hydrogens is 459 g/mol. The van der Waals surface area contributed by atoms with Crippen molar-refractivity contribution in [1.82, 2.24) is 15.6 Å². The Hall–Kier alpha value is -0.410. The molecule has 2 unspecified atom stereocenters. The highest BCUT2D eigenvalue weighted by molar-refractivity contribution is 14.0. The third kappa shape index (κ3) is 6.96. The maximum absolute atomic E-state index is 6.07. The second-order valence-electron chi connectivity index (χ2n) is 7.94. The van der Waals surface area contributed by atoms with E-state index in [-0.39, 0.29) is 29.4 Å². The van der Waals surface area contributed by atoms with Crippen LogP contribution in [-0.2, 0) is 11.2 Å². The molecule has 1 aliphatic rings. The SMILES string of the molecule is CN=C(NCCc1nc(C)c(C)s1)NCC1CCCOC1C(C)(C)C.I. The molecule has 7 heteroatoms. The molecule has 1 aliphatic heterocycles. The average molecular weight is 494 g/mol. The van der Waals surface area contributed by atoms with E-state index in [0.29, 0.717) is 12.0 Å². The topological polar surface area (TPSA) is 58.5 Å². The van der Waals surface area contributed by atoms with Crippen molar-refractivity contribution >= 4 is 41.3 Å². The van der Waals surface area contributed by atoms with Crippen LogP contribution in [0.25, 0.3) is 0 Å². The van der Waals surface area contributed by atoms with Crippen molar-refractivity contribution < 1.29 is 4.74 Å². The first kappa shape index (κ1) is 23.6. The maximum atomic E-state index is 6.07. The summed E-state index contributed by atoms with van der Waals surface area (Å²) < 4.78 is 6.07. The molecule has 0 spiro atoms. The summed E-state index contributed by atoms with van der Waals surface area (Å²) >= 11 is 1.78. The van der Waals surface area contributed by atoms with Gasteiger partial charge in [0.05, 0.1) is 16.8 Å². The molecular formula is C19H35IN4OS. The summed E-state index contributed by atoms with van der Waals surface area (Å²) in [6.07, 6.45) is 3.59. The standard InChI is InChI=1S/C19H34N4OS.HI/c1-13-14(2)25-16(23-13)9-10-21-18(20-6)22-12-15-8-7-11-24-17(15)19(3,4)5;/h15,17H,7-12H2,1-6H3,(H2,20,21,22);1H. The van der Waals surface area contributed by atoms with Crippen LogP contribution in [0.2, 0.25) is 0 Å². The van der Waals surface area contributed by atoms with Crippen molar-refractivity contribution in [3.8, 4) is 0 Å². The molecule has 0 aliphatic carbocycles. The van der Waals surface area contributed by atoms with Crippen molar-refractivity contribution in [2.75, 3.05) is 26.7 Å². The van der Waals surface area contributed by atoms with E-state index < -0.39 is 0 Å². The molecule has 0 radical (unpaired) electrons. The van der Waals surface area contributed by atoms with E-state index in [2.05, 4.69) is 55.2 Å². The minimum Gasteiger partial charge on any atom is -0.377 e. The van der Waals surface area contributed by atoms with Crippen molar-refractivity contribution in [3.63, 3.8) is 0 Å². The Morgan fingerprint density at radius 1 is 1.31 bits per heavy atom. The highest BCUT2D eigenvalue weighted by atomic mass is 127. The lowest BCUT2D eigenvalue weighted by Gasteiger charge is -2.40. The Bertz CT molecular complexity index is 563. The maximum Gasteiger partial charge on any atom is 0.191 e. The second kappa shape index (κ2) is 10.8. The Morgan fingerprint density at radius 2 is 2.04 bits per heavy atom. The van der Waals surface area contributed by atoms with Crippen LogP contribution in [0.1, 0.15) is 49.2 Å². The summed E-state index contributed by atoms with van der Waals surface area (Å²) in [4.78, 5) is 10.2. The van der Waals surface area contributed by atoms with E-state index in [4.69, 9.17) is 4.74 Å². The molecule has 2 heterocycles. The number of guanidine groups is 1. The van der Waals surface area contributed by atoms with Gasteiger partial charge in [0, 0.05) is 44.0 Å². The van der Waals surface area contributed by atoms with E-state index in [0.717, 1.165) is 44.2 Å². The van der Waals surface area contributed by atoms with Crippen LogP contribution in [0.5, 0.6) is 0 Å². The van der Waals surface area contributed by atoms with E-state index in [1.165, 1.54) is 16.3 Å². The van der Waals surface area contributed by atoms with Gasteiger partial charge in [0.2, 0.25) is 0 Å². The predicted molar refractivity (Wildman–Crippen MR) is 122 cm³/mol. The molecule has 1 aromatic rings. The molecule has 150 valence electrons. The third-order valence-electron chi connectivity index (χ3n) is 4.76. The lowest BCUT2D eigenvalue weighted by Crippen LogP contribution is -2.47.